The van der Waals surface area contributed by atoms with Gasteiger partial charge in [-0.25, -0.2) is 9.59 Å². The summed E-state index contributed by atoms with van der Waals surface area (Å²) in [4.78, 5) is 22.7. The fraction of sp³-hybridized carbons (Fsp3) is 0.714. The SMILES string of the molecule is C/C=C/CCCC(CCCCCCCCC)OC(=O)/C=C(/C)C(=O)O. The Morgan fingerprint density at radius 1 is 1.00 bits per heavy atom. The number of esters is 1. The fourth-order valence-electron chi connectivity index (χ4n) is 2.66. The van der Waals surface area contributed by atoms with E-state index < -0.39 is 11.9 Å². The number of ether oxygens (including phenoxy) is 1. The van der Waals surface area contributed by atoms with E-state index in [9.17, 15) is 9.59 Å². The van der Waals surface area contributed by atoms with Gasteiger partial charge in [-0.3, -0.25) is 0 Å². The van der Waals surface area contributed by atoms with E-state index in [2.05, 4.69) is 13.0 Å². The minimum absolute atomic E-state index is 0.00795. The van der Waals surface area contributed by atoms with Crippen molar-refractivity contribution in [3.8, 4) is 0 Å². The van der Waals surface area contributed by atoms with Crippen LogP contribution in [-0.2, 0) is 14.3 Å². The van der Waals surface area contributed by atoms with Crippen LogP contribution in [-0.4, -0.2) is 23.1 Å². The fourth-order valence-corrected chi connectivity index (χ4v) is 2.66. The first-order valence-electron chi connectivity index (χ1n) is 9.74. The van der Waals surface area contributed by atoms with Crippen LogP contribution in [0.3, 0.4) is 0 Å². The Morgan fingerprint density at radius 3 is 2.20 bits per heavy atom. The van der Waals surface area contributed by atoms with Gasteiger partial charge in [0.2, 0.25) is 0 Å². The molecule has 4 nitrogen and oxygen atoms in total. The van der Waals surface area contributed by atoms with Crippen molar-refractivity contribution in [3.63, 3.8) is 0 Å². The van der Waals surface area contributed by atoms with Crippen LogP contribution in [0.1, 0.15) is 91.4 Å². The standard InChI is InChI=1S/C21H36O4/c1-4-6-8-10-11-12-14-16-19(15-13-9-7-5-2)25-20(22)17-18(3)21(23)24/h5,7,17,19H,4,6,8-16H2,1-3H3,(H,23,24)/b7-5+,18-17-. The van der Waals surface area contributed by atoms with Gasteiger partial charge in [0, 0.05) is 11.6 Å². The van der Waals surface area contributed by atoms with Crippen LogP contribution < -0.4 is 0 Å². The second kappa shape index (κ2) is 15.9. The van der Waals surface area contributed by atoms with E-state index in [4.69, 9.17) is 9.84 Å². The Kier molecular flexibility index (Phi) is 14.9. The molecule has 0 aromatic rings. The van der Waals surface area contributed by atoms with E-state index in [1.807, 2.05) is 13.0 Å². The first-order valence-corrected chi connectivity index (χ1v) is 9.74. The Hall–Kier alpha value is -1.58. The van der Waals surface area contributed by atoms with E-state index in [1.165, 1.54) is 39.0 Å². The van der Waals surface area contributed by atoms with E-state index >= 15 is 0 Å². The van der Waals surface area contributed by atoms with Crippen LogP contribution in [0.4, 0.5) is 0 Å². The maximum absolute atomic E-state index is 11.9. The molecule has 0 rings (SSSR count). The molecule has 0 bridgehead atoms. The third-order valence-corrected chi connectivity index (χ3v) is 4.22. The molecule has 0 saturated heterocycles. The number of rotatable bonds is 15. The van der Waals surface area contributed by atoms with Crippen molar-refractivity contribution in [3.05, 3.63) is 23.8 Å². The summed E-state index contributed by atoms with van der Waals surface area (Å²) in [5.41, 5.74) is 0.00795. The largest absolute Gasteiger partial charge is 0.478 e. The van der Waals surface area contributed by atoms with Crippen molar-refractivity contribution >= 4 is 11.9 Å². The van der Waals surface area contributed by atoms with Crippen molar-refractivity contribution in [2.75, 3.05) is 0 Å². The molecule has 144 valence electrons. The lowest BCUT2D eigenvalue weighted by atomic mass is 10.0. The zero-order valence-electron chi connectivity index (χ0n) is 16.3. The molecule has 4 heteroatoms. The van der Waals surface area contributed by atoms with Gasteiger partial charge in [-0.1, -0.05) is 57.6 Å². The lowest BCUT2D eigenvalue weighted by Crippen LogP contribution is -2.18. The van der Waals surface area contributed by atoms with Crippen LogP contribution in [0.5, 0.6) is 0 Å². The molecule has 0 aromatic heterocycles. The van der Waals surface area contributed by atoms with Gasteiger partial charge in [0.25, 0.3) is 0 Å². The van der Waals surface area contributed by atoms with Gasteiger partial charge in [0.15, 0.2) is 0 Å². The van der Waals surface area contributed by atoms with Crippen LogP contribution in [0.25, 0.3) is 0 Å². The molecule has 25 heavy (non-hydrogen) atoms. The number of carboxylic acid groups (broad SMARTS) is 1. The first-order chi connectivity index (χ1) is 12.0. The average molecular weight is 353 g/mol. The predicted octanol–water partition coefficient (Wildman–Crippen LogP) is 5.82. The summed E-state index contributed by atoms with van der Waals surface area (Å²) in [7, 11) is 0. The minimum atomic E-state index is -1.09. The molecule has 0 heterocycles. The zero-order chi connectivity index (χ0) is 18.9. The average Bonchev–Trinajstić information content (AvgIpc) is 2.57. The van der Waals surface area contributed by atoms with Gasteiger partial charge < -0.3 is 9.84 Å². The number of carbonyl (C=O) groups is 2. The van der Waals surface area contributed by atoms with Gasteiger partial charge in [-0.2, -0.15) is 0 Å². The van der Waals surface area contributed by atoms with E-state index in [0.29, 0.717) is 0 Å². The normalized spacial score (nSPS) is 13.2. The molecule has 0 aliphatic rings. The summed E-state index contributed by atoms with van der Waals surface area (Å²) >= 11 is 0. The molecular formula is C21H36O4. The molecule has 1 atom stereocenters. The van der Waals surface area contributed by atoms with Gasteiger partial charge in [-0.15, -0.1) is 0 Å². The van der Waals surface area contributed by atoms with Crippen molar-refractivity contribution in [2.45, 2.75) is 97.5 Å². The monoisotopic (exact) mass is 352 g/mol. The second-order valence-corrected chi connectivity index (χ2v) is 6.60. The highest BCUT2D eigenvalue weighted by atomic mass is 16.5. The van der Waals surface area contributed by atoms with E-state index in [0.717, 1.165) is 44.6 Å². The predicted molar refractivity (Wildman–Crippen MR) is 103 cm³/mol. The number of hydrogen-bond acceptors (Lipinski definition) is 3. The Labute approximate surface area is 153 Å². The molecule has 0 spiro atoms. The Morgan fingerprint density at radius 2 is 1.60 bits per heavy atom. The van der Waals surface area contributed by atoms with Crippen molar-refractivity contribution < 1.29 is 19.4 Å². The molecule has 0 aromatic carbocycles. The number of carbonyl (C=O) groups excluding carboxylic acids is 1. The Bertz CT molecular complexity index is 424. The van der Waals surface area contributed by atoms with Crippen LogP contribution in [0.15, 0.2) is 23.8 Å². The minimum Gasteiger partial charge on any atom is -0.478 e. The maximum Gasteiger partial charge on any atom is 0.331 e. The highest BCUT2D eigenvalue weighted by Gasteiger charge is 2.14. The van der Waals surface area contributed by atoms with Crippen LogP contribution >= 0.6 is 0 Å². The van der Waals surface area contributed by atoms with Crippen LogP contribution in [0, 0.1) is 0 Å². The summed E-state index contributed by atoms with van der Waals surface area (Å²) < 4.78 is 5.49. The second-order valence-electron chi connectivity index (χ2n) is 6.60. The highest BCUT2D eigenvalue weighted by Crippen LogP contribution is 2.16. The number of unbranched alkanes of at least 4 members (excludes halogenated alkanes) is 7. The number of aliphatic carboxylic acids is 1. The molecule has 0 amide bonds. The van der Waals surface area contributed by atoms with E-state index in [1.54, 1.807) is 0 Å². The smallest absolute Gasteiger partial charge is 0.331 e. The van der Waals surface area contributed by atoms with Gasteiger partial charge in [0.1, 0.15) is 6.10 Å². The summed E-state index contributed by atoms with van der Waals surface area (Å²) in [6, 6.07) is 0. The number of carboxylic acids is 1. The molecule has 0 saturated carbocycles. The molecule has 0 radical (unpaired) electrons. The summed E-state index contributed by atoms with van der Waals surface area (Å²) in [5.74, 6) is -1.63. The van der Waals surface area contributed by atoms with Crippen molar-refractivity contribution in [2.24, 2.45) is 0 Å². The lowest BCUT2D eigenvalue weighted by Gasteiger charge is -2.17. The number of hydrogen-bond donors (Lipinski definition) is 1. The third kappa shape index (κ3) is 14.5. The molecule has 1 unspecified atom stereocenters. The Balaban J connectivity index is 4.28. The van der Waals surface area contributed by atoms with Gasteiger partial charge >= 0.3 is 11.9 Å². The quantitative estimate of drug-likeness (QED) is 0.175. The van der Waals surface area contributed by atoms with Gasteiger partial charge in [0.05, 0.1) is 0 Å². The van der Waals surface area contributed by atoms with Crippen LogP contribution in [0.2, 0.25) is 0 Å². The third-order valence-electron chi connectivity index (χ3n) is 4.22. The lowest BCUT2D eigenvalue weighted by molar-refractivity contribution is -0.144. The number of allylic oxidation sites excluding steroid dienone is 2. The summed E-state index contributed by atoms with van der Waals surface area (Å²) in [6.45, 7) is 5.61. The highest BCUT2D eigenvalue weighted by molar-refractivity contribution is 5.94. The molecular weight excluding hydrogens is 316 g/mol. The van der Waals surface area contributed by atoms with Crippen molar-refractivity contribution in [1.82, 2.24) is 0 Å². The molecule has 1 N–H and O–H groups in total. The molecule has 0 fully saturated rings. The van der Waals surface area contributed by atoms with Crippen molar-refractivity contribution in [1.29, 1.82) is 0 Å². The maximum atomic E-state index is 11.9. The van der Waals surface area contributed by atoms with Gasteiger partial charge in [-0.05, 0) is 46.0 Å². The summed E-state index contributed by atoms with van der Waals surface area (Å²) in [5, 5.41) is 8.84. The van der Waals surface area contributed by atoms with E-state index in [-0.39, 0.29) is 11.7 Å². The first kappa shape index (κ1) is 23.4. The molecule has 0 aliphatic heterocycles. The topological polar surface area (TPSA) is 63.6 Å². The molecule has 0 aliphatic carbocycles. The zero-order valence-corrected chi connectivity index (χ0v) is 16.3. The summed E-state index contributed by atoms with van der Waals surface area (Å²) in [6.07, 6.45) is 17.3.